The third-order valence-electron chi connectivity index (χ3n) is 2.91. The van der Waals surface area contributed by atoms with Crippen molar-refractivity contribution in [2.24, 2.45) is 5.41 Å². The highest BCUT2D eigenvalue weighted by molar-refractivity contribution is 6.03. The first-order valence-corrected chi connectivity index (χ1v) is 6.39. The molecule has 0 aliphatic carbocycles. The van der Waals surface area contributed by atoms with E-state index in [0.717, 1.165) is 0 Å². The summed E-state index contributed by atoms with van der Waals surface area (Å²) >= 11 is 0. The zero-order valence-corrected chi connectivity index (χ0v) is 12.3. The van der Waals surface area contributed by atoms with Crippen LogP contribution in [0.4, 0.5) is 0 Å². The summed E-state index contributed by atoms with van der Waals surface area (Å²) in [5.74, 6) is 0.379. The number of Topliss-reactive ketones (excluding diaryl/α,β-unsaturated/α-hetero) is 1. The molecule has 0 aliphatic rings. The van der Waals surface area contributed by atoms with Crippen LogP contribution < -0.4 is 9.47 Å². The molecule has 0 spiro atoms. The Balaban J connectivity index is 2.59. The van der Waals surface area contributed by atoms with Crippen LogP contribution in [0.1, 0.15) is 20.8 Å². The minimum absolute atomic E-state index is 0.182. The van der Waals surface area contributed by atoms with Crippen molar-refractivity contribution in [3.63, 3.8) is 0 Å². The van der Waals surface area contributed by atoms with Gasteiger partial charge in [0.2, 0.25) is 0 Å². The van der Waals surface area contributed by atoms with Crippen LogP contribution in [-0.4, -0.2) is 32.1 Å². The number of carbonyl (C=O) groups is 2. The third kappa shape index (κ3) is 3.98. The molecule has 0 amide bonds. The van der Waals surface area contributed by atoms with Crippen molar-refractivity contribution in [3.05, 3.63) is 24.3 Å². The van der Waals surface area contributed by atoms with Gasteiger partial charge >= 0.3 is 5.97 Å². The van der Waals surface area contributed by atoms with Crippen molar-refractivity contribution in [1.82, 2.24) is 0 Å². The molecule has 0 unspecified atom stereocenters. The lowest BCUT2D eigenvalue weighted by molar-refractivity contribution is -0.158. The second-order valence-electron chi connectivity index (χ2n) is 4.73. The smallest absolute Gasteiger partial charge is 0.319 e. The standard InChI is InChI=1S/C15H20O5/c1-5-19-14(17)15(2,3)13(16)10-20-12-8-6-11(18-4)7-9-12/h6-9H,5,10H2,1-4H3. The Morgan fingerprint density at radius 1 is 1.10 bits per heavy atom. The van der Waals surface area contributed by atoms with Gasteiger partial charge in [0.1, 0.15) is 23.5 Å². The van der Waals surface area contributed by atoms with E-state index < -0.39 is 11.4 Å². The fourth-order valence-electron chi connectivity index (χ4n) is 1.43. The van der Waals surface area contributed by atoms with Gasteiger partial charge in [-0.05, 0) is 45.0 Å². The Labute approximate surface area is 118 Å². The normalized spacial score (nSPS) is 10.8. The predicted octanol–water partition coefficient (Wildman–Crippen LogP) is 2.23. The quantitative estimate of drug-likeness (QED) is 0.566. The molecular formula is C15H20O5. The van der Waals surface area contributed by atoms with E-state index >= 15 is 0 Å². The summed E-state index contributed by atoms with van der Waals surface area (Å²) in [6.45, 7) is 4.83. The van der Waals surface area contributed by atoms with Gasteiger partial charge in [-0.2, -0.15) is 0 Å². The number of benzene rings is 1. The Hall–Kier alpha value is -2.04. The molecule has 20 heavy (non-hydrogen) atoms. The van der Waals surface area contributed by atoms with E-state index in [1.165, 1.54) is 13.8 Å². The largest absolute Gasteiger partial charge is 0.497 e. The molecule has 0 bridgehead atoms. The van der Waals surface area contributed by atoms with Crippen LogP contribution >= 0.6 is 0 Å². The maximum Gasteiger partial charge on any atom is 0.319 e. The van der Waals surface area contributed by atoms with Crippen LogP contribution in [0.5, 0.6) is 11.5 Å². The molecule has 0 saturated heterocycles. The number of esters is 1. The number of ether oxygens (including phenoxy) is 3. The van der Waals surface area contributed by atoms with Gasteiger partial charge in [0.05, 0.1) is 13.7 Å². The number of carbonyl (C=O) groups excluding carboxylic acids is 2. The molecule has 0 saturated carbocycles. The van der Waals surface area contributed by atoms with Gasteiger partial charge in [-0.1, -0.05) is 0 Å². The first kappa shape index (κ1) is 16.0. The molecule has 1 rings (SSSR count). The maximum absolute atomic E-state index is 12.0. The monoisotopic (exact) mass is 280 g/mol. The molecule has 0 aromatic heterocycles. The van der Waals surface area contributed by atoms with E-state index in [-0.39, 0.29) is 19.0 Å². The fourth-order valence-corrected chi connectivity index (χ4v) is 1.43. The summed E-state index contributed by atoms with van der Waals surface area (Å²) in [7, 11) is 1.57. The number of hydrogen-bond donors (Lipinski definition) is 0. The van der Waals surface area contributed by atoms with Crippen LogP contribution in [-0.2, 0) is 14.3 Å². The molecule has 0 radical (unpaired) electrons. The van der Waals surface area contributed by atoms with Crippen LogP contribution in [0.25, 0.3) is 0 Å². The van der Waals surface area contributed by atoms with Crippen molar-refractivity contribution < 1.29 is 23.8 Å². The highest BCUT2D eigenvalue weighted by Crippen LogP contribution is 2.21. The minimum atomic E-state index is -1.21. The molecular weight excluding hydrogens is 260 g/mol. The Kier molecular flexibility index (Phi) is 5.55. The van der Waals surface area contributed by atoms with Crippen molar-refractivity contribution in [2.45, 2.75) is 20.8 Å². The molecule has 0 heterocycles. The first-order chi connectivity index (χ1) is 9.41. The number of ketones is 1. The molecule has 0 aliphatic heterocycles. The summed E-state index contributed by atoms with van der Waals surface area (Å²) in [5, 5.41) is 0. The van der Waals surface area contributed by atoms with E-state index in [4.69, 9.17) is 14.2 Å². The minimum Gasteiger partial charge on any atom is -0.497 e. The Morgan fingerprint density at radius 2 is 1.65 bits per heavy atom. The van der Waals surface area contributed by atoms with Gasteiger partial charge in [0, 0.05) is 0 Å². The lowest BCUT2D eigenvalue weighted by Crippen LogP contribution is -2.38. The molecule has 1 aromatic carbocycles. The topological polar surface area (TPSA) is 61.8 Å². The second-order valence-corrected chi connectivity index (χ2v) is 4.73. The number of rotatable bonds is 7. The molecule has 1 aromatic rings. The Morgan fingerprint density at radius 3 is 2.15 bits per heavy atom. The molecule has 5 heteroatoms. The lowest BCUT2D eigenvalue weighted by Gasteiger charge is -2.20. The van der Waals surface area contributed by atoms with Gasteiger partial charge in [-0.3, -0.25) is 9.59 Å². The first-order valence-electron chi connectivity index (χ1n) is 6.39. The predicted molar refractivity (Wildman–Crippen MR) is 73.9 cm³/mol. The lowest BCUT2D eigenvalue weighted by atomic mass is 9.88. The summed E-state index contributed by atoms with van der Waals surface area (Å²) in [4.78, 5) is 23.7. The van der Waals surface area contributed by atoms with Crippen molar-refractivity contribution in [1.29, 1.82) is 0 Å². The SMILES string of the molecule is CCOC(=O)C(C)(C)C(=O)COc1ccc(OC)cc1. The maximum atomic E-state index is 12.0. The van der Waals surface area contributed by atoms with Gasteiger partial charge in [-0.15, -0.1) is 0 Å². The van der Waals surface area contributed by atoms with Crippen LogP contribution in [0, 0.1) is 5.41 Å². The molecule has 5 nitrogen and oxygen atoms in total. The highest BCUT2D eigenvalue weighted by atomic mass is 16.5. The molecule has 0 N–H and O–H groups in total. The van der Waals surface area contributed by atoms with Crippen molar-refractivity contribution in [3.8, 4) is 11.5 Å². The average Bonchev–Trinajstić information content (AvgIpc) is 2.45. The van der Waals surface area contributed by atoms with Crippen molar-refractivity contribution >= 4 is 11.8 Å². The summed E-state index contributed by atoms with van der Waals surface area (Å²) in [6, 6.07) is 6.86. The van der Waals surface area contributed by atoms with E-state index in [1.807, 2.05) is 0 Å². The summed E-state index contributed by atoms with van der Waals surface area (Å²) in [5.41, 5.74) is -1.21. The van der Waals surface area contributed by atoms with E-state index in [2.05, 4.69) is 0 Å². The Bertz CT molecular complexity index is 462. The van der Waals surface area contributed by atoms with Gasteiger partial charge < -0.3 is 14.2 Å². The zero-order chi connectivity index (χ0) is 15.2. The number of methoxy groups -OCH3 is 1. The molecule has 0 fully saturated rings. The second kappa shape index (κ2) is 6.93. The van der Waals surface area contributed by atoms with Gasteiger partial charge in [-0.25, -0.2) is 0 Å². The fraction of sp³-hybridized carbons (Fsp3) is 0.467. The van der Waals surface area contributed by atoms with Gasteiger partial charge in [0.25, 0.3) is 0 Å². The molecule has 110 valence electrons. The zero-order valence-electron chi connectivity index (χ0n) is 12.3. The van der Waals surface area contributed by atoms with E-state index in [1.54, 1.807) is 38.3 Å². The average molecular weight is 280 g/mol. The highest BCUT2D eigenvalue weighted by Gasteiger charge is 2.37. The van der Waals surface area contributed by atoms with E-state index in [0.29, 0.717) is 11.5 Å². The van der Waals surface area contributed by atoms with Crippen molar-refractivity contribution in [2.75, 3.05) is 20.3 Å². The number of hydrogen-bond acceptors (Lipinski definition) is 5. The van der Waals surface area contributed by atoms with Crippen LogP contribution in [0.3, 0.4) is 0 Å². The molecule has 0 atom stereocenters. The van der Waals surface area contributed by atoms with Gasteiger partial charge in [0.15, 0.2) is 5.78 Å². The summed E-state index contributed by atoms with van der Waals surface area (Å²) in [6.07, 6.45) is 0. The van der Waals surface area contributed by atoms with Crippen LogP contribution in [0.15, 0.2) is 24.3 Å². The van der Waals surface area contributed by atoms with E-state index in [9.17, 15) is 9.59 Å². The third-order valence-corrected chi connectivity index (χ3v) is 2.91. The van der Waals surface area contributed by atoms with Crippen LogP contribution in [0.2, 0.25) is 0 Å². The summed E-state index contributed by atoms with van der Waals surface area (Å²) < 4.78 is 15.3.